The zero-order chi connectivity index (χ0) is 9.84. The van der Waals surface area contributed by atoms with E-state index in [1.807, 2.05) is 13.1 Å². The lowest BCUT2D eigenvalue weighted by Gasteiger charge is -2.14. The molecule has 0 bridgehead atoms. The maximum absolute atomic E-state index is 9.50. The van der Waals surface area contributed by atoms with Crippen molar-refractivity contribution in [2.45, 2.75) is 13.5 Å². The third-order valence-electron chi connectivity index (χ3n) is 2.08. The zero-order valence-electron chi connectivity index (χ0n) is 8.12. The Morgan fingerprint density at radius 1 is 1.46 bits per heavy atom. The molecule has 72 valence electrons. The third-order valence-corrected chi connectivity index (χ3v) is 2.08. The van der Waals surface area contributed by atoms with Crippen LogP contribution in [0.4, 0.5) is 5.69 Å². The first kappa shape index (κ1) is 9.86. The van der Waals surface area contributed by atoms with Crippen LogP contribution in [0.15, 0.2) is 18.2 Å². The van der Waals surface area contributed by atoms with Crippen LogP contribution in [-0.2, 0) is 6.54 Å². The van der Waals surface area contributed by atoms with E-state index in [9.17, 15) is 5.11 Å². The summed E-state index contributed by atoms with van der Waals surface area (Å²) in [5, 5.41) is 9.50. The smallest absolute Gasteiger partial charge is 0.120 e. The van der Waals surface area contributed by atoms with Gasteiger partial charge >= 0.3 is 0 Å². The largest absolute Gasteiger partial charge is 0.508 e. The van der Waals surface area contributed by atoms with E-state index in [1.165, 1.54) is 0 Å². The van der Waals surface area contributed by atoms with Crippen LogP contribution < -0.4 is 5.73 Å². The summed E-state index contributed by atoms with van der Waals surface area (Å²) in [6.45, 7) is 3.75. The van der Waals surface area contributed by atoms with E-state index in [4.69, 9.17) is 5.73 Å². The summed E-state index contributed by atoms with van der Waals surface area (Å²) in [5.41, 5.74) is 7.19. The standard InChI is InChI=1S/C10H16N2O/c1-3-12(2)7-8-6-9(11)4-5-10(8)13/h4-6,13H,3,7,11H2,1-2H3. The number of phenols is 1. The van der Waals surface area contributed by atoms with E-state index < -0.39 is 0 Å². The van der Waals surface area contributed by atoms with Crippen molar-refractivity contribution < 1.29 is 5.11 Å². The lowest BCUT2D eigenvalue weighted by Crippen LogP contribution is -2.16. The summed E-state index contributed by atoms with van der Waals surface area (Å²) in [7, 11) is 2.00. The van der Waals surface area contributed by atoms with Crippen LogP contribution in [0.5, 0.6) is 5.75 Å². The van der Waals surface area contributed by atoms with E-state index >= 15 is 0 Å². The summed E-state index contributed by atoms with van der Waals surface area (Å²) in [4.78, 5) is 2.11. The minimum atomic E-state index is 0.314. The Morgan fingerprint density at radius 2 is 2.15 bits per heavy atom. The molecular weight excluding hydrogens is 164 g/mol. The molecule has 3 N–H and O–H groups in total. The molecule has 0 aliphatic carbocycles. The highest BCUT2D eigenvalue weighted by molar-refractivity contribution is 5.47. The van der Waals surface area contributed by atoms with Gasteiger partial charge < -0.3 is 15.7 Å². The summed E-state index contributed by atoms with van der Waals surface area (Å²) in [6.07, 6.45) is 0. The number of phenolic OH excluding ortho intramolecular Hbond substituents is 1. The van der Waals surface area contributed by atoms with Gasteiger partial charge in [0.1, 0.15) is 5.75 Å². The number of benzene rings is 1. The van der Waals surface area contributed by atoms with E-state index in [-0.39, 0.29) is 0 Å². The molecule has 1 aromatic rings. The van der Waals surface area contributed by atoms with Crippen molar-refractivity contribution in [3.63, 3.8) is 0 Å². The van der Waals surface area contributed by atoms with Crippen LogP contribution in [-0.4, -0.2) is 23.6 Å². The van der Waals surface area contributed by atoms with Crippen molar-refractivity contribution in [1.29, 1.82) is 0 Å². The van der Waals surface area contributed by atoms with Crippen molar-refractivity contribution in [3.8, 4) is 5.75 Å². The lowest BCUT2D eigenvalue weighted by molar-refractivity contribution is 0.337. The van der Waals surface area contributed by atoms with Crippen molar-refractivity contribution >= 4 is 5.69 Å². The fourth-order valence-corrected chi connectivity index (χ4v) is 1.13. The number of nitrogens with zero attached hydrogens (tertiary/aromatic N) is 1. The zero-order valence-corrected chi connectivity index (χ0v) is 8.12. The molecule has 0 unspecified atom stereocenters. The molecular formula is C10H16N2O. The predicted octanol–water partition coefficient (Wildman–Crippen LogP) is 1.43. The van der Waals surface area contributed by atoms with Gasteiger partial charge in [-0.1, -0.05) is 6.92 Å². The summed E-state index contributed by atoms with van der Waals surface area (Å²) in [6, 6.07) is 5.14. The molecule has 1 aromatic carbocycles. The molecule has 0 aliphatic heterocycles. The fraction of sp³-hybridized carbons (Fsp3) is 0.400. The minimum absolute atomic E-state index is 0.314. The quantitative estimate of drug-likeness (QED) is 0.546. The van der Waals surface area contributed by atoms with Gasteiger partial charge in [0.2, 0.25) is 0 Å². The molecule has 13 heavy (non-hydrogen) atoms. The van der Waals surface area contributed by atoms with Crippen molar-refractivity contribution in [3.05, 3.63) is 23.8 Å². The molecule has 0 aromatic heterocycles. The van der Waals surface area contributed by atoms with Crippen molar-refractivity contribution in [2.24, 2.45) is 0 Å². The van der Waals surface area contributed by atoms with E-state index in [0.29, 0.717) is 11.4 Å². The van der Waals surface area contributed by atoms with E-state index in [1.54, 1.807) is 12.1 Å². The highest BCUT2D eigenvalue weighted by atomic mass is 16.3. The number of anilines is 1. The molecule has 0 saturated heterocycles. The number of hydrogen-bond acceptors (Lipinski definition) is 3. The van der Waals surface area contributed by atoms with E-state index in [0.717, 1.165) is 18.7 Å². The minimum Gasteiger partial charge on any atom is -0.508 e. The van der Waals surface area contributed by atoms with Gasteiger partial charge in [0.05, 0.1) is 0 Å². The second kappa shape index (κ2) is 4.14. The fourth-order valence-electron chi connectivity index (χ4n) is 1.13. The van der Waals surface area contributed by atoms with Gasteiger partial charge in [0, 0.05) is 17.8 Å². The van der Waals surface area contributed by atoms with Gasteiger partial charge in [-0.3, -0.25) is 0 Å². The van der Waals surface area contributed by atoms with Crippen LogP contribution in [0.1, 0.15) is 12.5 Å². The molecule has 0 fully saturated rings. The highest BCUT2D eigenvalue weighted by Crippen LogP contribution is 2.20. The van der Waals surface area contributed by atoms with Crippen LogP contribution in [0, 0.1) is 0 Å². The Morgan fingerprint density at radius 3 is 2.77 bits per heavy atom. The van der Waals surface area contributed by atoms with Crippen LogP contribution in [0.3, 0.4) is 0 Å². The first-order chi connectivity index (χ1) is 6.13. The molecule has 3 nitrogen and oxygen atoms in total. The average Bonchev–Trinajstić information content (AvgIpc) is 2.11. The molecule has 0 saturated carbocycles. The van der Waals surface area contributed by atoms with Gasteiger partial charge in [-0.25, -0.2) is 0 Å². The Balaban J connectivity index is 2.81. The maximum atomic E-state index is 9.50. The molecule has 0 radical (unpaired) electrons. The number of aromatic hydroxyl groups is 1. The first-order valence-corrected chi connectivity index (χ1v) is 4.39. The Bertz CT molecular complexity index is 286. The predicted molar refractivity (Wildman–Crippen MR) is 54.5 cm³/mol. The summed E-state index contributed by atoms with van der Waals surface area (Å²) < 4.78 is 0. The molecule has 0 spiro atoms. The maximum Gasteiger partial charge on any atom is 0.120 e. The molecule has 1 rings (SSSR count). The number of nitrogen functional groups attached to an aromatic ring is 1. The summed E-state index contributed by atoms with van der Waals surface area (Å²) in [5.74, 6) is 0.314. The van der Waals surface area contributed by atoms with Gasteiger partial charge in [0.25, 0.3) is 0 Å². The normalized spacial score (nSPS) is 10.7. The second-order valence-electron chi connectivity index (χ2n) is 3.22. The molecule has 0 aliphatic rings. The van der Waals surface area contributed by atoms with Crippen molar-refractivity contribution in [2.75, 3.05) is 19.3 Å². The lowest BCUT2D eigenvalue weighted by atomic mass is 10.1. The van der Waals surface area contributed by atoms with E-state index in [2.05, 4.69) is 11.8 Å². The molecule has 0 atom stereocenters. The first-order valence-electron chi connectivity index (χ1n) is 4.39. The molecule has 3 heteroatoms. The van der Waals surface area contributed by atoms with Crippen LogP contribution >= 0.6 is 0 Å². The second-order valence-corrected chi connectivity index (χ2v) is 3.22. The molecule has 0 heterocycles. The van der Waals surface area contributed by atoms with Gasteiger partial charge in [-0.15, -0.1) is 0 Å². The average molecular weight is 180 g/mol. The number of hydrogen-bond donors (Lipinski definition) is 2. The Labute approximate surface area is 78.8 Å². The monoisotopic (exact) mass is 180 g/mol. The number of rotatable bonds is 3. The number of nitrogens with two attached hydrogens (primary N) is 1. The Hall–Kier alpha value is -1.22. The topological polar surface area (TPSA) is 49.5 Å². The Kier molecular flexibility index (Phi) is 3.14. The van der Waals surface area contributed by atoms with Gasteiger partial charge in [-0.05, 0) is 31.8 Å². The van der Waals surface area contributed by atoms with Crippen LogP contribution in [0.2, 0.25) is 0 Å². The van der Waals surface area contributed by atoms with Crippen LogP contribution in [0.25, 0.3) is 0 Å². The third kappa shape index (κ3) is 2.63. The van der Waals surface area contributed by atoms with Gasteiger partial charge in [0.15, 0.2) is 0 Å². The summed E-state index contributed by atoms with van der Waals surface area (Å²) >= 11 is 0. The highest BCUT2D eigenvalue weighted by Gasteiger charge is 2.03. The SMILES string of the molecule is CCN(C)Cc1cc(N)ccc1O. The van der Waals surface area contributed by atoms with Crippen molar-refractivity contribution in [1.82, 2.24) is 4.90 Å². The van der Waals surface area contributed by atoms with Gasteiger partial charge in [-0.2, -0.15) is 0 Å². The molecule has 0 amide bonds.